The first-order chi connectivity index (χ1) is 6.63. The van der Waals surface area contributed by atoms with Crippen LogP contribution in [0, 0.1) is 11.3 Å². The van der Waals surface area contributed by atoms with Crippen molar-refractivity contribution in [2.75, 3.05) is 18.5 Å². The second-order valence-electron chi connectivity index (χ2n) is 3.25. The molecule has 1 aromatic heterocycles. The van der Waals surface area contributed by atoms with E-state index in [1.807, 2.05) is 24.9 Å². The molecule has 74 valence electrons. The molecule has 0 aliphatic carbocycles. The molecule has 0 saturated heterocycles. The van der Waals surface area contributed by atoms with Gasteiger partial charge < -0.3 is 10.6 Å². The van der Waals surface area contributed by atoms with Crippen LogP contribution in [-0.4, -0.2) is 29.8 Å². The second-order valence-corrected chi connectivity index (χ2v) is 3.25. The van der Waals surface area contributed by atoms with E-state index in [0.29, 0.717) is 12.2 Å². The topological polar surface area (TPSA) is 78.8 Å². The van der Waals surface area contributed by atoms with Crippen LogP contribution in [0.25, 0.3) is 0 Å². The van der Waals surface area contributed by atoms with Crippen molar-refractivity contribution < 1.29 is 0 Å². The second kappa shape index (κ2) is 4.53. The number of aromatic nitrogens is 2. The molecule has 1 rings (SSSR count). The third-order valence-electron chi connectivity index (χ3n) is 1.72. The number of anilines is 1. The van der Waals surface area contributed by atoms with Gasteiger partial charge in [-0.25, -0.2) is 0 Å². The Balaban J connectivity index is 2.72. The summed E-state index contributed by atoms with van der Waals surface area (Å²) in [4.78, 5) is 1.90. The molecule has 0 amide bonds. The first kappa shape index (κ1) is 10.4. The van der Waals surface area contributed by atoms with Gasteiger partial charge in [0.15, 0.2) is 11.5 Å². The molecule has 1 unspecified atom stereocenters. The van der Waals surface area contributed by atoms with Crippen LogP contribution in [0.1, 0.15) is 12.6 Å². The van der Waals surface area contributed by atoms with E-state index in [2.05, 4.69) is 10.2 Å². The fourth-order valence-electron chi connectivity index (χ4n) is 1.11. The molecule has 0 aliphatic heterocycles. The molecule has 1 heterocycles. The van der Waals surface area contributed by atoms with Gasteiger partial charge in [0, 0.05) is 19.6 Å². The minimum Gasteiger partial charge on any atom is -0.357 e. The average Bonchev–Trinajstić information content (AvgIpc) is 2.17. The van der Waals surface area contributed by atoms with E-state index >= 15 is 0 Å². The summed E-state index contributed by atoms with van der Waals surface area (Å²) in [5.74, 6) is 0.723. The molecule has 2 N–H and O–H groups in total. The molecule has 0 saturated carbocycles. The van der Waals surface area contributed by atoms with Gasteiger partial charge in [0.1, 0.15) is 6.07 Å². The molecular formula is C9H13N5. The summed E-state index contributed by atoms with van der Waals surface area (Å²) < 4.78 is 0. The van der Waals surface area contributed by atoms with Crippen molar-refractivity contribution in [3.8, 4) is 6.07 Å². The van der Waals surface area contributed by atoms with E-state index in [4.69, 9.17) is 11.0 Å². The highest BCUT2D eigenvalue weighted by molar-refractivity contribution is 5.37. The van der Waals surface area contributed by atoms with Crippen molar-refractivity contribution in [1.29, 1.82) is 5.26 Å². The summed E-state index contributed by atoms with van der Waals surface area (Å²) in [6.07, 6.45) is 0. The Morgan fingerprint density at radius 3 is 2.71 bits per heavy atom. The van der Waals surface area contributed by atoms with Gasteiger partial charge in [0.05, 0.1) is 0 Å². The van der Waals surface area contributed by atoms with Crippen LogP contribution in [0.15, 0.2) is 12.1 Å². The van der Waals surface area contributed by atoms with E-state index in [1.54, 1.807) is 12.1 Å². The lowest BCUT2D eigenvalue weighted by Crippen LogP contribution is -2.33. The third kappa shape index (κ3) is 2.68. The van der Waals surface area contributed by atoms with E-state index < -0.39 is 0 Å². The monoisotopic (exact) mass is 191 g/mol. The van der Waals surface area contributed by atoms with Gasteiger partial charge in [0.25, 0.3) is 0 Å². The molecule has 1 atom stereocenters. The molecule has 0 fully saturated rings. The minimum absolute atomic E-state index is 0.0810. The van der Waals surface area contributed by atoms with Gasteiger partial charge in [-0.3, -0.25) is 0 Å². The van der Waals surface area contributed by atoms with Gasteiger partial charge in [-0.05, 0) is 19.1 Å². The smallest absolute Gasteiger partial charge is 0.163 e. The zero-order chi connectivity index (χ0) is 10.6. The van der Waals surface area contributed by atoms with Crippen molar-refractivity contribution in [1.82, 2.24) is 10.2 Å². The molecular weight excluding hydrogens is 178 g/mol. The summed E-state index contributed by atoms with van der Waals surface area (Å²) >= 11 is 0. The molecule has 1 aromatic rings. The molecule has 0 aromatic carbocycles. The minimum atomic E-state index is 0.0810. The predicted octanol–water partition coefficient (Wildman–Crippen LogP) is 0.132. The quantitative estimate of drug-likeness (QED) is 0.734. The van der Waals surface area contributed by atoms with Crippen LogP contribution >= 0.6 is 0 Å². The summed E-state index contributed by atoms with van der Waals surface area (Å²) in [5, 5.41) is 16.2. The molecule has 14 heavy (non-hydrogen) atoms. The summed E-state index contributed by atoms with van der Waals surface area (Å²) in [7, 11) is 1.89. The molecule has 0 spiro atoms. The average molecular weight is 191 g/mol. The van der Waals surface area contributed by atoms with Crippen LogP contribution < -0.4 is 10.6 Å². The Morgan fingerprint density at radius 1 is 1.57 bits per heavy atom. The van der Waals surface area contributed by atoms with Crippen molar-refractivity contribution in [2.24, 2.45) is 5.73 Å². The van der Waals surface area contributed by atoms with Crippen LogP contribution in [-0.2, 0) is 0 Å². The lowest BCUT2D eigenvalue weighted by atomic mass is 10.3. The molecule has 0 radical (unpaired) electrons. The summed E-state index contributed by atoms with van der Waals surface area (Å²) in [6.45, 7) is 2.63. The zero-order valence-electron chi connectivity index (χ0n) is 8.31. The zero-order valence-corrected chi connectivity index (χ0v) is 8.31. The van der Waals surface area contributed by atoms with Gasteiger partial charge in [-0.1, -0.05) is 0 Å². The summed E-state index contributed by atoms with van der Waals surface area (Å²) in [5.41, 5.74) is 5.97. The first-order valence-corrected chi connectivity index (χ1v) is 4.34. The Kier molecular flexibility index (Phi) is 3.37. The van der Waals surface area contributed by atoms with E-state index in [9.17, 15) is 0 Å². The number of likely N-dealkylation sites (N-methyl/N-ethyl adjacent to an activating group) is 1. The van der Waals surface area contributed by atoms with Crippen LogP contribution in [0.5, 0.6) is 0 Å². The predicted molar refractivity (Wildman–Crippen MR) is 53.7 cm³/mol. The van der Waals surface area contributed by atoms with E-state index in [0.717, 1.165) is 5.82 Å². The number of nitriles is 1. The van der Waals surface area contributed by atoms with Crippen LogP contribution in [0.3, 0.4) is 0 Å². The first-order valence-electron chi connectivity index (χ1n) is 4.34. The highest BCUT2D eigenvalue weighted by Crippen LogP contribution is 2.06. The highest BCUT2D eigenvalue weighted by atomic mass is 15.2. The highest BCUT2D eigenvalue weighted by Gasteiger charge is 2.05. The summed E-state index contributed by atoms with van der Waals surface area (Å²) in [6, 6.07) is 5.39. The van der Waals surface area contributed by atoms with Crippen molar-refractivity contribution in [2.45, 2.75) is 13.0 Å². The fourth-order valence-corrected chi connectivity index (χ4v) is 1.11. The number of hydrogen-bond acceptors (Lipinski definition) is 5. The lowest BCUT2D eigenvalue weighted by molar-refractivity contribution is 0.707. The maximum atomic E-state index is 8.53. The van der Waals surface area contributed by atoms with Crippen molar-refractivity contribution in [3.05, 3.63) is 17.8 Å². The largest absolute Gasteiger partial charge is 0.357 e. The normalized spacial score (nSPS) is 11.9. The SMILES string of the molecule is CC(N)CN(C)c1ccc(C#N)nn1. The maximum Gasteiger partial charge on any atom is 0.163 e. The van der Waals surface area contributed by atoms with E-state index in [-0.39, 0.29) is 6.04 Å². The lowest BCUT2D eigenvalue weighted by Gasteiger charge is -2.19. The van der Waals surface area contributed by atoms with E-state index in [1.165, 1.54) is 0 Å². The molecule has 5 heteroatoms. The van der Waals surface area contributed by atoms with Gasteiger partial charge >= 0.3 is 0 Å². The number of hydrogen-bond donors (Lipinski definition) is 1. The maximum absolute atomic E-state index is 8.53. The van der Waals surface area contributed by atoms with Gasteiger partial charge in [-0.15, -0.1) is 10.2 Å². The number of rotatable bonds is 3. The Bertz CT molecular complexity index is 324. The van der Waals surface area contributed by atoms with Crippen molar-refractivity contribution >= 4 is 5.82 Å². The van der Waals surface area contributed by atoms with Crippen molar-refractivity contribution in [3.63, 3.8) is 0 Å². The van der Waals surface area contributed by atoms with Crippen LogP contribution in [0.4, 0.5) is 5.82 Å². The Morgan fingerprint density at radius 2 is 2.29 bits per heavy atom. The standard InChI is InChI=1S/C9H13N5/c1-7(11)6-14(2)9-4-3-8(5-10)12-13-9/h3-4,7H,6,11H2,1-2H3. The van der Waals surface area contributed by atoms with Gasteiger partial charge in [0.2, 0.25) is 0 Å². The molecule has 0 aliphatic rings. The Labute approximate surface area is 83.2 Å². The molecule has 5 nitrogen and oxygen atoms in total. The fraction of sp³-hybridized carbons (Fsp3) is 0.444. The number of nitrogens with zero attached hydrogens (tertiary/aromatic N) is 4. The van der Waals surface area contributed by atoms with Crippen LogP contribution in [0.2, 0.25) is 0 Å². The molecule has 0 bridgehead atoms. The van der Waals surface area contributed by atoms with Gasteiger partial charge in [-0.2, -0.15) is 5.26 Å². The third-order valence-corrected chi connectivity index (χ3v) is 1.72. The Hall–Kier alpha value is -1.67. The number of nitrogens with two attached hydrogens (primary N) is 1.